The molecule has 0 unspecified atom stereocenters. The second kappa shape index (κ2) is 7.31. The first kappa shape index (κ1) is 16.8. The van der Waals surface area contributed by atoms with Crippen molar-refractivity contribution in [2.45, 2.75) is 5.92 Å². The molecule has 1 saturated heterocycles. The third-order valence-corrected chi connectivity index (χ3v) is 5.71. The quantitative estimate of drug-likeness (QED) is 0.767. The van der Waals surface area contributed by atoms with Crippen LogP contribution in [0.2, 0.25) is 0 Å². The van der Waals surface area contributed by atoms with Crippen LogP contribution in [0.4, 0.5) is 0 Å². The third-order valence-electron chi connectivity index (χ3n) is 4.73. The molecule has 26 heavy (non-hydrogen) atoms. The van der Waals surface area contributed by atoms with Crippen LogP contribution in [0.15, 0.2) is 55.0 Å². The number of carbonyl (C=O) groups is 1. The maximum Gasteiger partial charge on any atom is 0.265 e. The number of thiazole rings is 1. The first-order chi connectivity index (χ1) is 12.8. The smallest absolute Gasteiger partial charge is 0.265 e. The van der Waals surface area contributed by atoms with Gasteiger partial charge in [0.05, 0.1) is 6.20 Å². The van der Waals surface area contributed by atoms with Gasteiger partial charge in [-0.15, -0.1) is 11.3 Å². The number of benzene rings is 1. The number of likely N-dealkylation sites (tertiary alicyclic amines) is 1. The van der Waals surface area contributed by atoms with E-state index in [1.54, 1.807) is 24.7 Å². The maximum absolute atomic E-state index is 12.9. The lowest BCUT2D eigenvalue weighted by Gasteiger charge is -2.16. The van der Waals surface area contributed by atoms with Gasteiger partial charge in [-0.3, -0.25) is 4.79 Å². The molecule has 1 aromatic carbocycles. The van der Waals surface area contributed by atoms with Crippen LogP contribution in [0.25, 0.3) is 10.8 Å². The number of nitrogens with two attached hydrogens (primary N) is 1. The van der Waals surface area contributed by atoms with Crippen molar-refractivity contribution < 1.29 is 4.79 Å². The monoisotopic (exact) mass is 365 g/mol. The molecule has 4 rings (SSSR count). The predicted octanol–water partition coefficient (Wildman–Crippen LogP) is 2.41. The van der Waals surface area contributed by atoms with E-state index in [-0.39, 0.29) is 17.7 Å². The highest BCUT2D eigenvalue weighted by Gasteiger charge is 2.36. The molecule has 3 heterocycles. The molecule has 2 aromatic heterocycles. The Balaban J connectivity index is 1.53. The zero-order valence-corrected chi connectivity index (χ0v) is 15.0. The van der Waals surface area contributed by atoms with Crippen LogP contribution in [-0.4, -0.2) is 45.4 Å². The van der Waals surface area contributed by atoms with Gasteiger partial charge in [0.1, 0.15) is 4.88 Å². The van der Waals surface area contributed by atoms with Crippen molar-refractivity contribution in [3.8, 4) is 10.8 Å². The minimum absolute atomic E-state index is 0.00145. The van der Waals surface area contributed by atoms with Crippen molar-refractivity contribution in [3.05, 3.63) is 65.4 Å². The summed E-state index contributed by atoms with van der Waals surface area (Å²) in [6, 6.07) is 12.0. The lowest BCUT2D eigenvalue weighted by molar-refractivity contribution is 0.0791. The van der Waals surface area contributed by atoms with Gasteiger partial charge in [-0.2, -0.15) is 0 Å². The number of amides is 1. The van der Waals surface area contributed by atoms with Gasteiger partial charge in [0.2, 0.25) is 0 Å². The van der Waals surface area contributed by atoms with E-state index in [2.05, 4.69) is 27.1 Å². The summed E-state index contributed by atoms with van der Waals surface area (Å²) in [6.07, 6.45) is 4.95. The largest absolute Gasteiger partial charge is 0.337 e. The van der Waals surface area contributed by atoms with Crippen LogP contribution >= 0.6 is 11.3 Å². The SMILES string of the molecule is NC[C@@H]1CN(C(=O)c2cnc(-c3ncccn3)s2)C[C@H]1c1ccccc1. The molecule has 0 saturated carbocycles. The Bertz CT molecular complexity index is 883. The highest BCUT2D eigenvalue weighted by atomic mass is 32.1. The van der Waals surface area contributed by atoms with E-state index in [1.165, 1.54) is 16.9 Å². The molecule has 3 aromatic rings. The lowest BCUT2D eigenvalue weighted by atomic mass is 9.89. The summed E-state index contributed by atoms with van der Waals surface area (Å²) >= 11 is 1.33. The van der Waals surface area contributed by atoms with E-state index in [1.807, 2.05) is 23.1 Å². The molecule has 1 fully saturated rings. The van der Waals surface area contributed by atoms with E-state index in [0.717, 1.165) is 0 Å². The molecular formula is C19H19N5OS. The second-order valence-electron chi connectivity index (χ2n) is 6.33. The molecule has 0 bridgehead atoms. The number of rotatable bonds is 4. The maximum atomic E-state index is 12.9. The fourth-order valence-corrected chi connectivity index (χ4v) is 4.23. The van der Waals surface area contributed by atoms with Crippen LogP contribution in [0.3, 0.4) is 0 Å². The zero-order valence-electron chi connectivity index (χ0n) is 14.2. The molecule has 0 aliphatic carbocycles. The third kappa shape index (κ3) is 3.23. The molecular weight excluding hydrogens is 346 g/mol. The van der Waals surface area contributed by atoms with Crippen LogP contribution < -0.4 is 5.73 Å². The standard InChI is InChI=1S/C19H19N5OS/c20-9-14-11-24(12-15(14)13-5-2-1-3-6-13)19(25)16-10-23-18(26-16)17-21-7-4-8-22-17/h1-8,10,14-15H,9,11-12,20H2/t14-,15+/m1/s1. The first-order valence-electron chi connectivity index (χ1n) is 8.53. The van der Waals surface area contributed by atoms with Crippen molar-refractivity contribution in [3.63, 3.8) is 0 Å². The highest BCUT2D eigenvalue weighted by molar-refractivity contribution is 7.16. The van der Waals surface area contributed by atoms with Crippen LogP contribution in [0.1, 0.15) is 21.2 Å². The molecule has 1 amide bonds. The normalized spacial score (nSPS) is 19.7. The van der Waals surface area contributed by atoms with Crippen LogP contribution in [0, 0.1) is 5.92 Å². The van der Waals surface area contributed by atoms with Gasteiger partial charge in [0.25, 0.3) is 5.91 Å². The van der Waals surface area contributed by atoms with Crippen LogP contribution in [-0.2, 0) is 0 Å². The summed E-state index contributed by atoms with van der Waals surface area (Å²) in [7, 11) is 0. The summed E-state index contributed by atoms with van der Waals surface area (Å²) in [4.78, 5) is 28.1. The Labute approximate surface area is 155 Å². The predicted molar refractivity (Wildman–Crippen MR) is 101 cm³/mol. The summed E-state index contributed by atoms with van der Waals surface area (Å²) in [6.45, 7) is 1.92. The molecule has 132 valence electrons. The molecule has 1 aliphatic heterocycles. The lowest BCUT2D eigenvalue weighted by Crippen LogP contribution is -2.29. The van der Waals surface area contributed by atoms with Gasteiger partial charge < -0.3 is 10.6 Å². The minimum atomic E-state index is 0.00145. The Morgan fingerprint density at radius 2 is 1.88 bits per heavy atom. The fraction of sp³-hybridized carbons (Fsp3) is 0.263. The van der Waals surface area contributed by atoms with Gasteiger partial charge in [0, 0.05) is 31.4 Å². The van der Waals surface area contributed by atoms with Crippen molar-refractivity contribution in [2.75, 3.05) is 19.6 Å². The average molecular weight is 365 g/mol. The zero-order chi connectivity index (χ0) is 17.9. The number of aromatic nitrogens is 3. The Morgan fingerprint density at radius 3 is 2.62 bits per heavy atom. The van der Waals surface area contributed by atoms with E-state index >= 15 is 0 Å². The summed E-state index contributed by atoms with van der Waals surface area (Å²) in [5.74, 6) is 1.09. The molecule has 2 atom stereocenters. The number of hydrogen-bond acceptors (Lipinski definition) is 6. The van der Waals surface area contributed by atoms with E-state index < -0.39 is 0 Å². The topological polar surface area (TPSA) is 85.0 Å². The summed E-state index contributed by atoms with van der Waals surface area (Å²) in [5.41, 5.74) is 7.22. The Kier molecular flexibility index (Phi) is 4.73. The summed E-state index contributed by atoms with van der Waals surface area (Å²) < 4.78 is 0. The number of nitrogens with zero attached hydrogens (tertiary/aromatic N) is 4. The van der Waals surface area contributed by atoms with Gasteiger partial charge >= 0.3 is 0 Å². The molecule has 7 heteroatoms. The first-order valence-corrected chi connectivity index (χ1v) is 9.35. The van der Waals surface area contributed by atoms with Gasteiger partial charge in [-0.05, 0) is 24.1 Å². The molecule has 6 nitrogen and oxygen atoms in total. The second-order valence-corrected chi connectivity index (χ2v) is 7.36. The van der Waals surface area contributed by atoms with Crippen molar-refractivity contribution in [2.24, 2.45) is 11.7 Å². The molecule has 0 spiro atoms. The molecule has 1 aliphatic rings. The number of hydrogen-bond donors (Lipinski definition) is 1. The van der Waals surface area contributed by atoms with Crippen LogP contribution in [0.5, 0.6) is 0 Å². The van der Waals surface area contributed by atoms with E-state index in [4.69, 9.17) is 5.73 Å². The Morgan fingerprint density at radius 1 is 1.12 bits per heavy atom. The molecule has 0 radical (unpaired) electrons. The molecule has 2 N–H and O–H groups in total. The fourth-order valence-electron chi connectivity index (χ4n) is 3.40. The van der Waals surface area contributed by atoms with Crippen molar-refractivity contribution in [1.29, 1.82) is 0 Å². The van der Waals surface area contributed by atoms with Crippen molar-refractivity contribution >= 4 is 17.2 Å². The van der Waals surface area contributed by atoms with Gasteiger partial charge in [-0.25, -0.2) is 15.0 Å². The Hall–Kier alpha value is -2.64. The van der Waals surface area contributed by atoms with Crippen molar-refractivity contribution in [1.82, 2.24) is 19.9 Å². The van der Waals surface area contributed by atoms with E-state index in [9.17, 15) is 4.79 Å². The van der Waals surface area contributed by atoms with Gasteiger partial charge in [-0.1, -0.05) is 30.3 Å². The van der Waals surface area contributed by atoms with Gasteiger partial charge in [0.15, 0.2) is 10.8 Å². The minimum Gasteiger partial charge on any atom is -0.337 e. The highest BCUT2D eigenvalue weighted by Crippen LogP contribution is 2.33. The average Bonchev–Trinajstić information content (AvgIpc) is 3.36. The number of carbonyl (C=O) groups excluding carboxylic acids is 1. The summed E-state index contributed by atoms with van der Waals surface area (Å²) in [5, 5.41) is 0.656. The van der Waals surface area contributed by atoms with E-state index in [0.29, 0.717) is 35.3 Å².